The summed E-state index contributed by atoms with van der Waals surface area (Å²) in [5, 5.41) is 3.15. The van der Waals surface area contributed by atoms with Crippen molar-refractivity contribution in [2.45, 2.75) is 26.9 Å². The zero-order chi connectivity index (χ0) is 8.72. The first kappa shape index (κ1) is 10.4. The van der Waals surface area contributed by atoms with Gasteiger partial charge in [0.25, 0.3) is 0 Å². The number of halogens is 2. The van der Waals surface area contributed by atoms with E-state index in [2.05, 4.69) is 10.3 Å². The Kier molecular flexibility index (Phi) is 2.88. The number of hydrogen-bond acceptors (Lipinski definition) is 2. The third-order valence-corrected chi connectivity index (χ3v) is 2.34. The van der Waals surface area contributed by atoms with Crippen molar-refractivity contribution < 1.29 is 4.39 Å². The monoisotopic (exact) mass is 202 g/mol. The summed E-state index contributed by atoms with van der Waals surface area (Å²) in [6, 6.07) is 0. The molecule has 72 valence electrons. The molecule has 0 bridgehead atoms. The van der Waals surface area contributed by atoms with Crippen molar-refractivity contribution in [1.29, 1.82) is 0 Å². The molecule has 2 rings (SSSR count). The molecule has 0 fully saturated rings. The van der Waals surface area contributed by atoms with E-state index in [9.17, 15) is 4.39 Å². The number of pyridine rings is 1. The van der Waals surface area contributed by atoms with Gasteiger partial charge in [-0.2, -0.15) is 0 Å². The summed E-state index contributed by atoms with van der Waals surface area (Å²) < 4.78 is 13.3. The fraction of sp³-hybridized carbons (Fsp3) is 0.444. The maximum Gasteiger partial charge on any atom is 0.147 e. The molecule has 1 aliphatic heterocycles. The molecular formula is C9H12ClFN2. The Morgan fingerprint density at radius 3 is 2.69 bits per heavy atom. The van der Waals surface area contributed by atoms with Crippen LogP contribution in [0.15, 0.2) is 0 Å². The SMILES string of the molecule is Cc1nc2c(c(C)c1F)CNC2.Cl. The lowest BCUT2D eigenvalue weighted by Crippen LogP contribution is -2.00. The first-order valence-electron chi connectivity index (χ1n) is 4.05. The number of aromatic nitrogens is 1. The maximum absolute atomic E-state index is 13.3. The van der Waals surface area contributed by atoms with Gasteiger partial charge >= 0.3 is 0 Å². The number of rotatable bonds is 0. The fourth-order valence-corrected chi connectivity index (χ4v) is 1.63. The van der Waals surface area contributed by atoms with Crippen LogP contribution < -0.4 is 5.32 Å². The minimum atomic E-state index is -0.155. The Morgan fingerprint density at radius 2 is 2.00 bits per heavy atom. The second-order valence-electron chi connectivity index (χ2n) is 3.16. The number of nitrogens with one attached hydrogen (secondary N) is 1. The summed E-state index contributed by atoms with van der Waals surface area (Å²) >= 11 is 0. The molecule has 2 nitrogen and oxygen atoms in total. The Labute approximate surface area is 83.0 Å². The highest BCUT2D eigenvalue weighted by atomic mass is 35.5. The van der Waals surface area contributed by atoms with E-state index in [1.165, 1.54) is 0 Å². The Morgan fingerprint density at radius 1 is 1.31 bits per heavy atom. The van der Waals surface area contributed by atoms with Gasteiger partial charge in [-0.25, -0.2) is 4.39 Å². The van der Waals surface area contributed by atoms with E-state index in [4.69, 9.17) is 0 Å². The topological polar surface area (TPSA) is 24.9 Å². The van der Waals surface area contributed by atoms with Crippen LogP contribution in [0.3, 0.4) is 0 Å². The summed E-state index contributed by atoms with van der Waals surface area (Å²) in [6.07, 6.45) is 0. The molecule has 0 saturated carbocycles. The molecule has 1 aromatic heterocycles. The molecule has 2 heterocycles. The smallest absolute Gasteiger partial charge is 0.147 e. The van der Waals surface area contributed by atoms with Crippen molar-refractivity contribution in [3.05, 3.63) is 28.3 Å². The van der Waals surface area contributed by atoms with Crippen molar-refractivity contribution in [3.8, 4) is 0 Å². The van der Waals surface area contributed by atoms with Gasteiger partial charge in [0.1, 0.15) is 5.82 Å². The second-order valence-corrected chi connectivity index (χ2v) is 3.16. The van der Waals surface area contributed by atoms with Crippen LogP contribution in [-0.2, 0) is 13.1 Å². The average Bonchev–Trinajstić information content (AvgIpc) is 2.48. The lowest BCUT2D eigenvalue weighted by atomic mass is 10.1. The van der Waals surface area contributed by atoms with E-state index in [-0.39, 0.29) is 18.2 Å². The number of fused-ring (bicyclic) bond motifs is 1. The van der Waals surface area contributed by atoms with E-state index in [1.807, 2.05) is 6.92 Å². The van der Waals surface area contributed by atoms with Crippen LogP contribution in [-0.4, -0.2) is 4.98 Å². The van der Waals surface area contributed by atoms with Gasteiger partial charge in [0.2, 0.25) is 0 Å². The lowest BCUT2D eigenvalue weighted by molar-refractivity contribution is 0.596. The molecule has 1 aromatic rings. The van der Waals surface area contributed by atoms with Gasteiger partial charge in [-0.1, -0.05) is 0 Å². The third-order valence-electron chi connectivity index (χ3n) is 2.34. The van der Waals surface area contributed by atoms with E-state index in [0.717, 1.165) is 29.9 Å². The van der Waals surface area contributed by atoms with E-state index >= 15 is 0 Å². The van der Waals surface area contributed by atoms with Crippen LogP contribution in [0.2, 0.25) is 0 Å². The van der Waals surface area contributed by atoms with Crippen LogP contribution in [0.1, 0.15) is 22.5 Å². The van der Waals surface area contributed by atoms with Crippen LogP contribution >= 0.6 is 12.4 Å². The first-order valence-corrected chi connectivity index (χ1v) is 4.05. The Bertz CT molecular complexity index is 339. The van der Waals surface area contributed by atoms with Crippen molar-refractivity contribution in [3.63, 3.8) is 0 Å². The van der Waals surface area contributed by atoms with Crippen LogP contribution in [0.5, 0.6) is 0 Å². The largest absolute Gasteiger partial charge is 0.307 e. The number of aryl methyl sites for hydroxylation is 1. The normalized spacial score (nSPS) is 13.8. The van der Waals surface area contributed by atoms with Crippen molar-refractivity contribution in [2.75, 3.05) is 0 Å². The van der Waals surface area contributed by atoms with Gasteiger partial charge in [0, 0.05) is 13.1 Å². The average molecular weight is 203 g/mol. The lowest BCUT2D eigenvalue weighted by Gasteiger charge is -2.05. The summed E-state index contributed by atoms with van der Waals surface area (Å²) in [7, 11) is 0. The highest BCUT2D eigenvalue weighted by molar-refractivity contribution is 5.85. The van der Waals surface area contributed by atoms with Crippen LogP contribution in [0.4, 0.5) is 4.39 Å². The van der Waals surface area contributed by atoms with Crippen molar-refractivity contribution in [1.82, 2.24) is 10.3 Å². The van der Waals surface area contributed by atoms with Gasteiger partial charge < -0.3 is 5.32 Å². The molecule has 0 aliphatic carbocycles. The predicted octanol–water partition coefficient (Wildman–Crippen LogP) is 1.86. The summed E-state index contributed by atoms with van der Waals surface area (Å²) in [6.45, 7) is 5.06. The van der Waals surface area contributed by atoms with Crippen molar-refractivity contribution >= 4 is 12.4 Å². The Balaban J connectivity index is 0.000000845. The van der Waals surface area contributed by atoms with Gasteiger partial charge in [0.05, 0.1) is 11.4 Å². The quantitative estimate of drug-likeness (QED) is 0.695. The molecule has 1 aliphatic rings. The van der Waals surface area contributed by atoms with Gasteiger partial charge in [-0.15, -0.1) is 12.4 Å². The molecule has 4 heteroatoms. The molecule has 13 heavy (non-hydrogen) atoms. The Hall–Kier alpha value is -0.670. The third kappa shape index (κ3) is 1.54. The highest BCUT2D eigenvalue weighted by Gasteiger charge is 2.18. The minimum Gasteiger partial charge on any atom is -0.307 e. The molecule has 0 spiro atoms. The van der Waals surface area contributed by atoms with Gasteiger partial charge in [-0.3, -0.25) is 4.98 Å². The standard InChI is InChI=1S/C9H11FN2.ClH/c1-5-7-3-11-4-8(7)12-6(2)9(5)10;/h11H,3-4H2,1-2H3;1H. The van der Waals surface area contributed by atoms with Crippen LogP contribution in [0.25, 0.3) is 0 Å². The van der Waals surface area contributed by atoms with Crippen LogP contribution in [0, 0.1) is 19.7 Å². The predicted molar refractivity (Wildman–Crippen MR) is 51.5 cm³/mol. The summed E-state index contributed by atoms with van der Waals surface area (Å²) in [5.74, 6) is -0.155. The van der Waals surface area contributed by atoms with Gasteiger partial charge in [0.15, 0.2) is 0 Å². The van der Waals surface area contributed by atoms with E-state index in [0.29, 0.717) is 5.69 Å². The molecule has 0 atom stereocenters. The zero-order valence-corrected chi connectivity index (χ0v) is 8.46. The maximum atomic E-state index is 13.3. The minimum absolute atomic E-state index is 0. The van der Waals surface area contributed by atoms with E-state index < -0.39 is 0 Å². The highest BCUT2D eigenvalue weighted by Crippen LogP contribution is 2.21. The molecular weight excluding hydrogens is 191 g/mol. The molecule has 0 amide bonds. The second kappa shape index (κ2) is 3.60. The molecule has 1 N–H and O–H groups in total. The van der Waals surface area contributed by atoms with Crippen molar-refractivity contribution in [2.24, 2.45) is 0 Å². The molecule has 0 unspecified atom stereocenters. The van der Waals surface area contributed by atoms with E-state index in [1.54, 1.807) is 6.92 Å². The summed E-state index contributed by atoms with van der Waals surface area (Å²) in [5.41, 5.74) is 3.31. The zero-order valence-electron chi connectivity index (χ0n) is 7.65. The summed E-state index contributed by atoms with van der Waals surface area (Å²) in [4.78, 5) is 4.18. The molecule has 0 saturated heterocycles. The first-order chi connectivity index (χ1) is 5.70. The molecule has 0 radical (unpaired) electrons. The number of hydrogen-bond donors (Lipinski definition) is 1. The number of nitrogens with zero attached hydrogens (tertiary/aromatic N) is 1. The van der Waals surface area contributed by atoms with Gasteiger partial charge in [-0.05, 0) is 25.0 Å². The molecule has 0 aromatic carbocycles. The fourth-order valence-electron chi connectivity index (χ4n) is 1.63.